The van der Waals surface area contributed by atoms with Crippen LogP contribution in [0.3, 0.4) is 0 Å². The summed E-state index contributed by atoms with van der Waals surface area (Å²) in [5.74, 6) is 0.353. The Kier molecular flexibility index (Phi) is 3.80. The first-order valence-corrected chi connectivity index (χ1v) is 7.34. The smallest absolute Gasteiger partial charge is 0.426 e. The molecule has 19 heavy (non-hydrogen) atoms. The van der Waals surface area contributed by atoms with Gasteiger partial charge >= 0.3 is 15.4 Å². The molecule has 0 spiro atoms. The van der Waals surface area contributed by atoms with E-state index in [0.29, 0.717) is 5.75 Å². The van der Waals surface area contributed by atoms with E-state index in [0.717, 1.165) is 5.46 Å². The predicted molar refractivity (Wildman–Crippen MR) is 74.0 cm³/mol. The fraction of sp³-hybridized carbons (Fsp3) is 0.500. The Morgan fingerprint density at radius 2 is 1.58 bits per heavy atom. The Labute approximate surface area is 114 Å². The topological polar surface area (TPSA) is 65.0 Å². The van der Waals surface area contributed by atoms with Crippen molar-refractivity contribution in [3.05, 3.63) is 24.3 Å². The molecule has 0 aliphatic carbocycles. The van der Waals surface area contributed by atoms with Crippen LogP contribution in [-0.4, -0.2) is 23.2 Å². The SMILES string of the molecule is CC1(C)OB(c2ccc(O[PH](=O)O)cc2)OC1(C)C. The van der Waals surface area contributed by atoms with E-state index in [4.69, 9.17) is 18.7 Å². The highest BCUT2D eigenvalue weighted by Gasteiger charge is 2.51. The molecule has 5 nitrogen and oxygen atoms in total. The van der Waals surface area contributed by atoms with E-state index in [9.17, 15) is 4.57 Å². The van der Waals surface area contributed by atoms with Crippen molar-refractivity contribution in [3.8, 4) is 5.75 Å². The summed E-state index contributed by atoms with van der Waals surface area (Å²) in [6, 6.07) is 6.78. The van der Waals surface area contributed by atoms with Crippen LogP contribution in [0.4, 0.5) is 0 Å². The first-order valence-electron chi connectivity index (χ1n) is 6.08. The van der Waals surface area contributed by atoms with Crippen molar-refractivity contribution >= 4 is 20.8 Å². The Morgan fingerprint density at radius 1 is 1.11 bits per heavy atom. The molecule has 1 aromatic carbocycles. The fourth-order valence-electron chi connectivity index (χ4n) is 1.77. The molecular formula is C12H18BO5P. The van der Waals surface area contributed by atoms with Crippen LogP contribution in [0, 0.1) is 0 Å². The van der Waals surface area contributed by atoms with E-state index in [1.807, 2.05) is 27.7 Å². The molecule has 1 unspecified atom stereocenters. The Hall–Kier alpha value is -0.805. The van der Waals surface area contributed by atoms with Gasteiger partial charge in [-0.1, -0.05) is 12.1 Å². The lowest BCUT2D eigenvalue weighted by molar-refractivity contribution is 0.00578. The summed E-state index contributed by atoms with van der Waals surface area (Å²) in [6.07, 6.45) is 0. The molecule has 0 aromatic heterocycles. The molecule has 1 heterocycles. The third-order valence-electron chi connectivity index (χ3n) is 3.61. The zero-order chi connectivity index (χ0) is 14.3. The Morgan fingerprint density at radius 3 is 2.00 bits per heavy atom. The van der Waals surface area contributed by atoms with Crippen LogP contribution in [-0.2, 0) is 13.9 Å². The van der Waals surface area contributed by atoms with Gasteiger partial charge in [-0.05, 0) is 45.3 Å². The fourth-order valence-corrected chi connectivity index (χ4v) is 2.11. The molecule has 104 valence electrons. The van der Waals surface area contributed by atoms with Gasteiger partial charge in [-0.25, -0.2) is 4.57 Å². The summed E-state index contributed by atoms with van der Waals surface area (Å²) in [6.45, 7) is 7.95. The molecular weight excluding hydrogens is 266 g/mol. The first kappa shape index (κ1) is 14.6. The minimum atomic E-state index is -2.97. The van der Waals surface area contributed by atoms with Crippen molar-refractivity contribution in [2.75, 3.05) is 0 Å². The molecule has 1 aliphatic rings. The van der Waals surface area contributed by atoms with Crippen LogP contribution < -0.4 is 9.99 Å². The van der Waals surface area contributed by atoms with E-state index in [1.54, 1.807) is 24.3 Å². The zero-order valence-corrected chi connectivity index (χ0v) is 12.5. The van der Waals surface area contributed by atoms with Crippen LogP contribution in [0.15, 0.2) is 24.3 Å². The molecule has 0 radical (unpaired) electrons. The van der Waals surface area contributed by atoms with E-state index < -0.39 is 15.4 Å². The van der Waals surface area contributed by atoms with Gasteiger partial charge in [0.1, 0.15) is 5.75 Å². The van der Waals surface area contributed by atoms with Crippen molar-refractivity contribution in [1.29, 1.82) is 0 Å². The third kappa shape index (κ3) is 3.03. The summed E-state index contributed by atoms with van der Waals surface area (Å²) in [7, 11) is -3.41. The average molecular weight is 284 g/mol. The van der Waals surface area contributed by atoms with Crippen LogP contribution in [0.2, 0.25) is 0 Å². The first-order chi connectivity index (χ1) is 8.71. The van der Waals surface area contributed by atoms with Crippen molar-refractivity contribution in [1.82, 2.24) is 0 Å². The second-order valence-corrected chi connectivity index (χ2v) is 6.26. The molecule has 1 N–H and O–H groups in total. The van der Waals surface area contributed by atoms with Gasteiger partial charge in [-0.3, -0.25) is 0 Å². The molecule has 0 amide bonds. The maximum Gasteiger partial charge on any atom is 0.494 e. The van der Waals surface area contributed by atoms with E-state index in [2.05, 4.69) is 0 Å². The standard InChI is InChI=1S/C12H18BO5P/c1-11(2)12(3,4)18-13(17-11)9-5-7-10(8-6-9)16-19(14)15/h5-8,19H,1-4H3,(H,14,15). The number of hydrogen-bond acceptors (Lipinski definition) is 4. The Bertz CT molecular complexity index is 469. The van der Waals surface area contributed by atoms with Gasteiger partial charge < -0.3 is 18.7 Å². The van der Waals surface area contributed by atoms with Gasteiger partial charge in [0.15, 0.2) is 0 Å². The van der Waals surface area contributed by atoms with Crippen LogP contribution in [0.5, 0.6) is 5.75 Å². The largest absolute Gasteiger partial charge is 0.494 e. The molecule has 1 aliphatic heterocycles. The maximum atomic E-state index is 10.6. The lowest BCUT2D eigenvalue weighted by Crippen LogP contribution is -2.41. The number of benzene rings is 1. The van der Waals surface area contributed by atoms with Gasteiger partial charge in [0, 0.05) is 0 Å². The van der Waals surface area contributed by atoms with Crippen molar-refractivity contribution in [2.24, 2.45) is 0 Å². The predicted octanol–water partition coefficient (Wildman–Crippen LogP) is 1.75. The van der Waals surface area contributed by atoms with Crippen LogP contribution >= 0.6 is 8.25 Å². The van der Waals surface area contributed by atoms with Gasteiger partial charge in [-0.15, -0.1) is 0 Å². The highest BCUT2D eigenvalue weighted by Crippen LogP contribution is 2.36. The monoisotopic (exact) mass is 284 g/mol. The van der Waals surface area contributed by atoms with Crippen LogP contribution in [0.25, 0.3) is 0 Å². The molecule has 1 fully saturated rings. The van der Waals surface area contributed by atoms with Gasteiger partial charge in [0.2, 0.25) is 0 Å². The van der Waals surface area contributed by atoms with Crippen molar-refractivity contribution in [3.63, 3.8) is 0 Å². The van der Waals surface area contributed by atoms with Crippen molar-refractivity contribution in [2.45, 2.75) is 38.9 Å². The zero-order valence-electron chi connectivity index (χ0n) is 11.5. The van der Waals surface area contributed by atoms with E-state index in [1.165, 1.54) is 0 Å². The Balaban J connectivity index is 2.14. The molecule has 0 bridgehead atoms. The molecule has 7 heteroatoms. The van der Waals surface area contributed by atoms with Crippen LogP contribution in [0.1, 0.15) is 27.7 Å². The number of hydrogen-bond donors (Lipinski definition) is 1. The summed E-state index contributed by atoms with van der Waals surface area (Å²) in [4.78, 5) is 8.70. The highest BCUT2D eigenvalue weighted by molar-refractivity contribution is 7.32. The van der Waals surface area contributed by atoms with Gasteiger partial charge in [0.05, 0.1) is 11.2 Å². The highest BCUT2D eigenvalue weighted by atomic mass is 31.1. The summed E-state index contributed by atoms with van der Waals surface area (Å²) >= 11 is 0. The van der Waals surface area contributed by atoms with E-state index in [-0.39, 0.29) is 11.2 Å². The second-order valence-electron chi connectivity index (χ2n) is 5.53. The molecule has 1 saturated heterocycles. The molecule has 1 aromatic rings. The van der Waals surface area contributed by atoms with Gasteiger partial charge in [-0.2, -0.15) is 0 Å². The van der Waals surface area contributed by atoms with E-state index >= 15 is 0 Å². The quantitative estimate of drug-likeness (QED) is 0.676. The summed E-state index contributed by atoms with van der Waals surface area (Å²) in [5.41, 5.74) is 0.0790. The summed E-state index contributed by atoms with van der Waals surface area (Å²) < 4.78 is 27.1. The molecule has 1 atom stereocenters. The van der Waals surface area contributed by atoms with Crippen molar-refractivity contribution < 1.29 is 23.3 Å². The normalized spacial score (nSPS) is 22.3. The average Bonchev–Trinajstić information content (AvgIpc) is 2.48. The van der Waals surface area contributed by atoms with Gasteiger partial charge in [0.25, 0.3) is 0 Å². The third-order valence-corrected chi connectivity index (χ3v) is 4.02. The lowest BCUT2D eigenvalue weighted by Gasteiger charge is -2.32. The molecule has 0 saturated carbocycles. The maximum absolute atomic E-state index is 10.6. The minimum Gasteiger partial charge on any atom is -0.426 e. The summed E-state index contributed by atoms with van der Waals surface area (Å²) in [5, 5.41) is 0. The minimum absolute atomic E-state index is 0.353. The molecule has 2 rings (SSSR count). The number of rotatable bonds is 3. The second kappa shape index (κ2) is 4.95. The lowest BCUT2D eigenvalue weighted by atomic mass is 9.79.